The standard InChI is InChI=1S/C17H12F3N3O3/c1-26-16-12-3-2-9(6-13(12)15(25)22-23-16)14(24)8-11-7-10(4-5-21-11)17(18,19)20/h2-7H,8H2,1H3,(H,22,25). The van der Waals surface area contributed by atoms with Crippen LogP contribution in [0.2, 0.25) is 0 Å². The minimum Gasteiger partial charge on any atom is -0.480 e. The smallest absolute Gasteiger partial charge is 0.416 e. The predicted molar refractivity (Wildman–Crippen MR) is 86.2 cm³/mol. The van der Waals surface area contributed by atoms with Gasteiger partial charge in [0.05, 0.1) is 29.9 Å². The van der Waals surface area contributed by atoms with Gasteiger partial charge in [-0.15, -0.1) is 5.10 Å². The number of aromatic nitrogens is 3. The summed E-state index contributed by atoms with van der Waals surface area (Å²) in [6.07, 6.45) is -3.83. The second-order valence-corrected chi connectivity index (χ2v) is 5.46. The molecule has 0 amide bonds. The van der Waals surface area contributed by atoms with Gasteiger partial charge in [0.2, 0.25) is 5.88 Å². The maximum atomic E-state index is 12.7. The van der Waals surface area contributed by atoms with Gasteiger partial charge in [0.25, 0.3) is 5.56 Å². The number of ketones is 1. The zero-order chi connectivity index (χ0) is 18.9. The monoisotopic (exact) mass is 363 g/mol. The number of aromatic amines is 1. The number of Topliss-reactive ketones (excluding diaryl/α,β-unsaturated/α-hetero) is 1. The highest BCUT2D eigenvalue weighted by molar-refractivity contribution is 6.01. The molecule has 0 atom stereocenters. The summed E-state index contributed by atoms with van der Waals surface area (Å²) in [6, 6.07) is 5.99. The number of nitrogens with one attached hydrogen (secondary N) is 1. The molecule has 0 aliphatic heterocycles. The number of hydrogen-bond acceptors (Lipinski definition) is 5. The van der Waals surface area contributed by atoms with Crippen molar-refractivity contribution in [2.45, 2.75) is 12.6 Å². The number of methoxy groups -OCH3 is 1. The van der Waals surface area contributed by atoms with Crippen molar-refractivity contribution in [1.82, 2.24) is 15.2 Å². The fourth-order valence-electron chi connectivity index (χ4n) is 2.49. The number of fused-ring (bicyclic) bond motifs is 1. The zero-order valence-corrected chi connectivity index (χ0v) is 13.4. The highest BCUT2D eigenvalue weighted by Crippen LogP contribution is 2.29. The Hall–Kier alpha value is -3.23. The van der Waals surface area contributed by atoms with Gasteiger partial charge in [-0.05, 0) is 24.3 Å². The molecule has 0 saturated heterocycles. The average Bonchev–Trinajstić information content (AvgIpc) is 2.61. The molecule has 0 saturated carbocycles. The molecule has 9 heteroatoms. The summed E-state index contributed by atoms with van der Waals surface area (Å²) >= 11 is 0. The van der Waals surface area contributed by atoms with E-state index in [2.05, 4.69) is 15.2 Å². The number of alkyl halides is 3. The van der Waals surface area contributed by atoms with E-state index < -0.39 is 23.1 Å². The number of nitrogens with zero attached hydrogens (tertiary/aromatic N) is 2. The summed E-state index contributed by atoms with van der Waals surface area (Å²) in [5.74, 6) is -0.271. The topological polar surface area (TPSA) is 84.9 Å². The summed E-state index contributed by atoms with van der Waals surface area (Å²) in [5.41, 5.74) is -1.21. The molecule has 0 spiro atoms. The first-order valence-electron chi connectivity index (χ1n) is 7.41. The highest BCUT2D eigenvalue weighted by Gasteiger charge is 2.30. The fraction of sp³-hybridized carbons (Fsp3) is 0.176. The summed E-state index contributed by atoms with van der Waals surface area (Å²) in [5, 5.41) is 6.61. The third-order valence-corrected chi connectivity index (χ3v) is 3.75. The number of rotatable bonds is 4. The van der Waals surface area contributed by atoms with Crippen molar-refractivity contribution in [3.05, 3.63) is 63.7 Å². The van der Waals surface area contributed by atoms with Crippen LogP contribution >= 0.6 is 0 Å². The molecular formula is C17H12F3N3O3. The quantitative estimate of drug-likeness (QED) is 0.721. The Bertz CT molecular complexity index is 1040. The number of H-pyrrole nitrogens is 1. The van der Waals surface area contributed by atoms with Gasteiger partial charge < -0.3 is 4.74 Å². The number of halogens is 3. The van der Waals surface area contributed by atoms with Crippen LogP contribution in [0.15, 0.2) is 41.3 Å². The molecule has 0 bridgehead atoms. The average molecular weight is 363 g/mol. The van der Waals surface area contributed by atoms with Crippen LogP contribution in [0.25, 0.3) is 10.8 Å². The van der Waals surface area contributed by atoms with E-state index >= 15 is 0 Å². The van der Waals surface area contributed by atoms with Gasteiger partial charge in [0.15, 0.2) is 5.78 Å². The van der Waals surface area contributed by atoms with Crippen LogP contribution in [0.4, 0.5) is 13.2 Å². The lowest BCUT2D eigenvalue weighted by molar-refractivity contribution is -0.137. The first-order valence-corrected chi connectivity index (χ1v) is 7.41. The van der Waals surface area contributed by atoms with Crippen LogP contribution in [0.3, 0.4) is 0 Å². The van der Waals surface area contributed by atoms with Crippen LogP contribution < -0.4 is 10.3 Å². The normalized spacial score (nSPS) is 11.5. The van der Waals surface area contributed by atoms with E-state index in [1.54, 1.807) is 0 Å². The fourth-order valence-corrected chi connectivity index (χ4v) is 2.49. The molecular weight excluding hydrogens is 351 g/mol. The van der Waals surface area contributed by atoms with Crippen molar-refractivity contribution < 1.29 is 22.7 Å². The predicted octanol–water partition coefficient (Wildman–Crippen LogP) is 2.77. The number of carbonyl (C=O) groups is 1. The molecule has 0 unspecified atom stereocenters. The van der Waals surface area contributed by atoms with Crippen LogP contribution in [-0.2, 0) is 12.6 Å². The molecule has 3 rings (SSSR count). The molecule has 134 valence electrons. The minimum atomic E-state index is -4.51. The second kappa shape index (κ2) is 6.58. The Morgan fingerprint density at radius 3 is 2.65 bits per heavy atom. The molecule has 0 fully saturated rings. The lowest BCUT2D eigenvalue weighted by Gasteiger charge is -2.08. The van der Waals surface area contributed by atoms with Crippen LogP contribution in [0.5, 0.6) is 5.88 Å². The van der Waals surface area contributed by atoms with Gasteiger partial charge in [-0.1, -0.05) is 6.07 Å². The Morgan fingerprint density at radius 2 is 1.96 bits per heavy atom. The Morgan fingerprint density at radius 1 is 1.19 bits per heavy atom. The lowest BCUT2D eigenvalue weighted by atomic mass is 10.0. The third kappa shape index (κ3) is 3.41. The molecule has 26 heavy (non-hydrogen) atoms. The van der Waals surface area contributed by atoms with Gasteiger partial charge in [0, 0.05) is 17.5 Å². The van der Waals surface area contributed by atoms with Crippen LogP contribution in [0, 0.1) is 0 Å². The maximum Gasteiger partial charge on any atom is 0.416 e. The number of pyridine rings is 1. The molecule has 2 heterocycles. The third-order valence-electron chi connectivity index (χ3n) is 3.75. The Labute approximate surface area is 144 Å². The lowest BCUT2D eigenvalue weighted by Crippen LogP contribution is -2.12. The molecule has 1 aromatic carbocycles. The van der Waals surface area contributed by atoms with Crippen molar-refractivity contribution in [1.29, 1.82) is 0 Å². The van der Waals surface area contributed by atoms with Crippen molar-refractivity contribution in [2.75, 3.05) is 7.11 Å². The van der Waals surface area contributed by atoms with E-state index in [0.717, 1.165) is 18.3 Å². The summed E-state index contributed by atoms with van der Waals surface area (Å²) in [6.45, 7) is 0. The Kier molecular flexibility index (Phi) is 4.45. The van der Waals surface area contributed by atoms with Gasteiger partial charge in [-0.2, -0.15) is 13.2 Å². The molecule has 0 aliphatic rings. The van der Waals surface area contributed by atoms with E-state index in [1.807, 2.05) is 0 Å². The number of benzene rings is 1. The van der Waals surface area contributed by atoms with E-state index in [0.29, 0.717) is 5.39 Å². The van der Waals surface area contributed by atoms with E-state index in [-0.39, 0.29) is 28.9 Å². The van der Waals surface area contributed by atoms with Crippen molar-refractivity contribution in [2.24, 2.45) is 0 Å². The molecule has 1 N–H and O–H groups in total. The van der Waals surface area contributed by atoms with Crippen LogP contribution in [0.1, 0.15) is 21.6 Å². The Balaban J connectivity index is 1.94. The van der Waals surface area contributed by atoms with Gasteiger partial charge in [-0.3, -0.25) is 14.6 Å². The van der Waals surface area contributed by atoms with Gasteiger partial charge in [-0.25, -0.2) is 5.10 Å². The number of ether oxygens (including phenoxy) is 1. The van der Waals surface area contributed by atoms with E-state index in [4.69, 9.17) is 4.74 Å². The van der Waals surface area contributed by atoms with E-state index in [9.17, 15) is 22.8 Å². The first-order chi connectivity index (χ1) is 12.3. The number of hydrogen-bond donors (Lipinski definition) is 1. The summed E-state index contributed by atoms with van der Waals surface area (Å²) < 4.78 is 43.3. The van der Waals surface area contributed by atoms with E-state index in [1.165, 1.54) is 25.3 Å². The van der Waals surface area contributed by atoms with Crippen molar-refractivity contribution in [3.8, 4) is 5.88 Å². The largest absolute Gasteiger partial charge is 0.480 e. The van der Waals surface area contributed by atoms with Crippen molar-refractivity contribution >= 4 is 16.6 Å². The maximum absolute atomic E-state index is 12.7. The first kappa shape index (κ1) is 17.6. The molecule has 0 aliphatic carbocycles. The second-order valence-electron chi connectivity index (χ2n) is 5.46. The molecule has 0 radical (unpaired) electrons. The van der Waals surface area contributed by atoms with Gasteiger partial charge >= 0.3 is 6.18 Å². The zero-order valence-electron chi connectivity index (χ0n) is 13.4. The highest BCUT2D eigenvalue weighted by atomic mass is 19.4. The molecule has 3 aromatic rings. The molecule has 2 aromatic heterocycles. The van der Waals surface area contributed by atoms with Crippen molar-refractivity contribution in [3.63, 3.8) is 0 Å². The SMILES string of the molecule is COc1n[nH]c(=O)c2cc(C(=O)Cc3cc(C(F)(F)F)ccn3)ccc12. The van der Waals surface area contributed by atoms with Crippen LogP contribution in [-0.4, -0.2) is 28.1 Å². The number of carbonyl (C=O) groups excluding carboxylic acids is 1. The van der Waals surface area contributed by atoms with Gasteiger partial charge in [0.1, 0.15) is 0 Å². The minimum absolute atomic E-state index is 0.00820. The summed E-state index contributed by atoms with van der Waals surface area (Å²) in [7, 11) is 1.39. The summed E-state index contributed by atoms with van der Waals surface area (Å²) in [4.78, 5) is 28.1. The molecule has 6 nitrogen and oxygen atoms in total.